The molecule has 2 aromatic carbocycles. The number of ether oxygens (including phenoxy) is 2. The Bertz CT molecular complexity index is 1110. The summed E-state index contributed by atoms with van der Waals surface area (Å²) in [6.07, 6.45) is 3.81. The van der Waals surface area contributed by atoms with Crippen LogP contribution in [0.5, 0.6) is 5.75 Å². The SMILES string of the molecule is C/C=C\C1=CS[C@@H]2[C@H](NC(=O)Cc3ccccc3)C(=O)N2C1C(=O)OCc1ccc(OC)cc1. The molecule has 176 valence electrons. The second-order valence-corrected chi connectivity index (χ2v) is 8.95. The monoisotopic (exact) mass is 478 g/mol. The van der Waals surface area contributed by atoms with Gasteiger partial charge in [-0.1, -0.05) is 54.6 Å². The highest BCUT2D eigenvalue weighted by Gasteiger charge is 2.55. The molecule has 1 fully saturated rings. The maximum atomic E-state index is 13.1. The van der Waals surface area contributed by atoms with Crippen LogP contribution in [0.3, 0.4) is 0 Å². The van der Waals surface area contributed by atoms with E-state index in [9.17, 15) is 14.4 Å². The number of carbonyl (C=O) groups excluding carboxylic acids is 3. The van der Waals surface area contributed by atoms with Crippen molar-refractivity contribution in [2.75, 3.05) is 7.11 Å². The molecule has 3 atom stereocenters. The number of nitrogens with one attached hydrogen (secondary N) is 1. The topological polar surface area (TPSA) is 84.9 Å². The van der Waals surface area contributed by atoms with Crippen LogP contribution in [0.4, 0.5) is 0 Å². The third-order valence-corrected chi connectivity index (χ3v) is 6.85. The number of fused-ring (bicyclic) bond motifs is 1. The van der Waals surface area contributed by atoms with Crippen LogP contribution in [-0.2, 0) is 32.1 Å². The lowest BCUT2D eigenvalue weighted by atomic mass is 9.97. The molecular weight excluding hydrogens is 452 g/mol. The summed E-state index contributed by atoms with van der Waals surface area (Å²) in [5, 5.41) is 4.33. The minimum absolute atomic E-state index is 0.0829. The Morgan fingerprint density at radius 1 is 1.09 bits per heavy atom. The molecule has 0 saturated carbocycles. The number of nitrogens with zero attached hydrogens (tertiary/aromatic N) is 1. The number of methoxy groups -OCH3 is 1. The highest BCUT2D eigenvalue weighted by atomic mass is 32.2. The number of β-lactam (4-membered cyclic amide) rings is 1. The Morgan fingerprint density at radius 2 is 1.82 bits per heavy atom. The molecule has 4 rings (SSSR count). The first-order chi connectivity index (χ1) is 16.5. The molecular formula is C26H26N2O5S. The number of carbonyl (C=O) groups is 3. The zero-order chi connectivity index (χ0) is 24.1. The number of esters is 1. The van der Waals surface area contributed by atoms with E-state index in [1.165, 1.54) is 16.7 Å². The number of amides is 2. The van der Waals surface area contributed by atoms with E-state index in [0.29, 0.717) is 11.3 Å². The number of allylic oxidation sites excluding steroid dienone is 1. The van der Waals surface area contributed by atoms with Gasteiger partial charge in [0.05, 0.1) is 13.5 Å². The van der Waals surface area contributed by atoms with Gasteiger partial charge in [-0.05, 0) is 41.2 Å². The lowest BCUT2D eigenvalue weighted by Gasteiger charge is -2.51. The summed E-state index contributed by atoms with van der Waals surface area (Å²) in [6.45, 7) is 1.93. The van der Waals surface area contributed by atoms with Crippen LogP contribution in [0, 0.1) is 0 Å². The van der Waals surface area contributed by atoms with Crippen LogP contribution in [-0.4, -0.2) is 47.3 Å². The van der Waals surface area contributed by atoms with Crippen molar-refractivity contribution in [1.82, 2.24) is 10.2 Å². The first-order valence-corrected chi connectivity index (χ1v) is 11.9. The first kappa shape index (κ1) is 23.6. The maximum Gasteiger partial charge on any atom is 0.333 e. The molecule has 0 radical (unpaired) electrons. The van der Waals surface area contributed by atoms with Crippen LogP contribution >= 0.6 is 11.8 Å². The van der Waals surface area contributed by atoms with Crippen molar-refractivity contribution in [2.45, 2.75) is 37.4 Å². The van der Waals surface area contributed by atoms with Gasteiger partial charge in [0.15, 0.2) is 6.04 Å². The van der Waals surface area contributed by atoms with Crippen molar-refractivity contribution in [2.24, 2.45) is 0 Å². The van der Waals surface area contributed by atoms with E-state index in [1.807, 2.05) is 60.9 Å². The predicted octanol–water partition coefficient (Wildman–Crippen LogP) is 3.21. The van der Waals surface area contributed by atoms with Gasteiger partial charge in [-0.25, -0.2) is 4.79 Å². The zero-order valence-corrected chi connectivity index (χ0v) is 19.8. The molecule has 8 heteroatoms. The fourth-order valence-electron chi connectivity index (χ4n) is 3.94. The molecule has 2 aliphatic rings. The summed E-state index contributed by atoms with van der Waals surface area (Å²) in [4.78, 5) is 40.1. The largest absolute Gasteiger partial charge is 0.497 e. The minimum atomic E-state index is -0.851. The van der Waals surface area contributed by atoms with Gasteiger partial charge in [0.1, 0.15) is 23.8 Å². The number of rotatable bonds is 8. The van der Waals surface area contributed by atoms with Crippen molar-refractivity contribution >= 4 is 29.5 Å². The van der Waals surface area contributed by atoms with Gasteiger partial charge in [0.25, 0.3) is 0 Å². The van der Waals surface area contributed by atoms with E-state index in [0.717, 1.165) is 11.1 Å². The van der Waals surface area contributed by atoms with Crippen LogP contribution in [0.1, 0.15) is 18.1 Å². The molecule has 1 saturated heterocycles. The van der Waals surface area contributed by atoms with E-state index in [2.05, 4.69) is 5.32 Å². The number of benzene rings is 2. The van der Waals surface area contributed by atoms with E-state index in [4.69, 9.17) is 9.47 Å². The van der Waals surface area contributed by atoms with Crippen LogP contribution in [0.25, 0.3) is 0 Å². The Labute approximate surface area is 202 Å². The van der Waals surface area contributed by atoms with E-state index in [1.54, 1.807) is 25.3 Å². The van der Waals surface area contributed by atoms with Crippen LogP contribution < -0.4 is 10.1 Å². The normalized spacial score (nSPS) is 21.4. The molecule has 2 aromatic rings. The van der Waals surface area contributed by atoms with Gasteiger partial charge in [-0.2, -0.15) is 0 Å². The standard InChI is InChI=1S/C26H26N2O5S/c1-3-7-19-16-34-25-22(27-21(29)14-17-8-5-4-6-9-17)24(30)28(25)23(19)26(31)33-15-18-10-12-20(32-2)13-11-18/h3-13,16,22-23,25H,14-15H2,1-2H3,(H,27,29)/b7-3-/t22-,23?,25-/m1/s1. The molecule has 1 N–H and O–H groups in total. The summed E-state index contributed by atoms with van der Waals surface area (Å²) >= 11 is 1.42. The molecule has 0 spiro atoms. The third-order valence-electron chi connectivity index (χ3n) is 5.66. The second-order valence-electron chi connectivity index (χ2n) is 7.96. The van der Waals surface area contributed by atoms with Gasteiger partial charge in [0.2, 0.25) is 11.8 Å². The fourth-order valence-corrected chi connectivity index (χ4v) is 5.15. The average molecular weight is 479 g/mol. The molecule has 2 aliphatic heterocycles. The highest BCUT2D eigenvalue weighted by molar-refractivity contribution is 8.03. The quantitative estimate of drug-likeness (QED) is 0.463. The van der Waals surface area contributed by atoms with Crippen LogP contribution in [0.15, 0.2) is 77.7 Å². The molecule has 1 unspecified atom stereocenters. The number of hydrogen-bond acceptors (Lipinski definition) is 6. The van der Waals surface area contributed by atoms with Gasteiger partial charge in [-0.15, -0.1) is 11.8 Å². The molecule has 7 nitrogen and oxygen atoms in total. The molecule has 0 aromatic heterocycles. The summed E-state index contributed by atoms with van der Waals surface area (Å²) in [5.74, 6) is -0.313. The molecule has 34 heavy (non-hydrogen) atoms. The highest BCUT2D eigenvalue weighted by Crippen LogP contribution is 2.40. The van der Waals surface area contributed by atoms with E-state index >= 15 is 0 Å². The smallest absolute Gasteiger partial charge is 0.333 e. The summed E-state index contributed by atoms with van der Waals surface area (Å²) in [5.41, 5.74) is 2.37. The van der Waals surface area contributed by atoms with E-state index < -0.39 is 18.1 Å². The first-order valence-electron chi connectivity index (χ1n) is 10.9. The van der Waals surface area contributed by atoms with Crippen LogP contribution in [0.2, 0.25) is 0 Å². The van der Waals surface area contributed by atoms with Crippen molar-refractivity contribution < 1.29 is 23.9 Å². The minimum Gasteiger partial charge on any atom is -0.497 e. The number of hydrogen-bond donors (Lipinski definition) is 1. The Kier molecular flexibility index (Phi) is 7.37. The molecule has 2 heterocycles. The predicted molar refractivity (Wildman–Crippen MR) is 130 cm³/mol. The fraction of sp³-hybridized carbons (Fsp3) is 0.269. The third kappa shape index (κ3) is 5.02. The van der Waals surface area contributed by atoms with Gasteiger partial charge >= 0.3 is 5.97 Å². The molecule has 0 aliphatic carbocycles. The van der Waals surface area contributed by atoms with Crippen molar-refractivity contribution in [3.8, 4) is 5.75 Å². The van der Waals surface area contributed by atoms with Gasteiger partial charge in [0, 0.05) is 0 Å². The summed E-state index contributed by atoms with van der Waals surface area (Å²) in [6, 6.07) is 15.1. The molecule has 2 amide bonds. The van der Waals surface area contributed by atoms with Crippen molar-refractivity contribution in [3.63, 3.8) is 0 Å². The maximum absolute atomic E-state index is 13.1. The summed E-state index contributed by atoms with van der Waals surface area (Å²) < 4.78 is 10.7. The van der Waals surface area contributed by atoms with Gasteiger partial charge < -0.3 is 19.7 Å². The van der Waals surface area contributed by atoms with Gasteiger partial charge in [-0.3, -0.25) is 9.59 Å². The summed E-state index contributed by atoms with van der Waals surface area (Å²) in [7, 11) is 1.59. The second kappa shape index (κ2) is 10.6. The lowest BCUT2D eigenvalue weighted by molar-refractivity contribution is -0.163. The molecule has 0 bridgehead atoms. The Hall–Kier alpha value is -3.52. The lowest BCUT2D eigenvalue weighted by Crippen LogP contribution is -2.74. The van der Waals surface area contributed by atoms with E-state index in [-0.39, 0.29) is 30.2 Å². The Balaban J connectivity index is 1.43. The average Bonchev–Trinajstić information content (AvgIpc) is 2.86. The Morgan fingerprint density at radius 3 is 2.50 bits per heavy atom. The van der Waals surface area contributed by atoms with Crippen molar-refractivity contribution in [1.29, 1.82) is 0 Å². The zero-order valence-electron chi connectivity index (χ0n) is 19.0. The number of thioether (sulfide) groups is 1. The van der Waals surface area contributed by atoms with Crippen molar-refractivity contribution in [3.05, 3.63) is 88.9 Å².